The quantitative estimate of drug-likeness (QED) is 0.120. The number of rotatable bonds is 9. The van der Waals surface area contributed by atoms with E-state index in [1.165, 1.54) is 40.9 Å². The van der Waals surface area contributed by atoms with Crippen molar-refractivity contribution in [1.29, 1.82) is 0 Å². The zero-order chi connectivity index (χ0) is 34.6. The zero-order valence-corrected chi connectivity index (χ0v) is 27.0. The number of aromatic nitrogens is 1. The molecule has 50 heavy (non-hydrogen) atoms. The average molecular weight is 683 g/mol. The molecule has 1 atom stereocenters. The minimum absolute atomic E-state index is 0.00594. The Balaban J connectivity index is 1.05. The molecule has 4 amide bonds. The highest BCUT2D eigenvalue weighted by atomic mass is 32.2. The molecule has 1 aliphatic rings. The second-order valence-corrected chi connectivity index (χ2v) is 12.6. The van der Waals surface area contributed by atoms with Crippen LogP contribution in [0, 0.1) is 5.82 Å². The molecule has 2 heterocycles. The molecular formula is C39H27FN4O5S. The van der Waals surface area contributed by atoms with Crippen LogP contribution in [0.25, 0.3) is 28.6 Å². The van der Waals surface area contributed by atoms with Crippen molar-refractivity contribution in [3.8, 4) is 11.5 Å². The van der Waals surface area contributed by atoms with Crippen LogP contribution >= 0.6 is 11.8 Å². The summed E-state index contributed by atoms with van der Waals surface area (Å²) in [6, 6.07) is 35.3. The van der Waals surface area contributed by atoms with Crippen molar-refractivity contribution in [3.63, 3.8) is 0 Å². The molecule has 5 aromatic carbocycles. The number of anilines is 2. The van der Waals surface area contributed by atoms with Crippen LogP contribution < -0.4 is 15.5 Å². The number of imide groups is 1. The van der Waals surface area contributed by atoms with Crippen LogP contribution in [0.3, 0.4) is 0 Å². The number of nitrogens with zero attached hydrogens (tertiary/aromatic N) is 2. The summed E-state index contributed by atoms with van der Waals surface area (Å²) in [6.07, 6.45) is 1.26. The number of carbonyl (C=O) groups excluding carboxylic acids is 4. The standard InChI is InChI=1S/C39H27FN4O5S/c40-30-14-5-4-11-26(30)21-32(42-36(46)24-9-2-1-3-10-24)37(47)41-27-12-8-13-29(22-27)50-34-23-35(45)44(39(34)48)28-19-17-25(18-20-28)38-43-31-15-6-7-16-33(31)49-38/h1-22,34H,23H2,(H,41,47)(H,42,46)/b32-21+/t34-/m1/s1. The van der Waals surface area contributed by atoms with Gasteiger partial charge in [-0.05, 0) is 78.9 Å². The third-order valence-electron chi connectivity index (χ3n) is 7.88. The maximum Gasteiger partial charge on any atom is 0.272 e. The Hall–Kier alpha value is -6.33. The summed E-state index contributed by atoms with van der Waals surface area (Å²) in [4.78, 5) is 59.2. The van der Waals surface area contributed by atoms with E-state index in [2.05, 4.69) is 15.6 Å². The molecule has 7 rings (SSSR count). The highest BCUT2D eigenvalue weighted by Crippen LogP contribution is 2.36. The molecule has 6 aromatic rings. The van der Waals surface area contributed by atoms with Crippen LogP contribution in [0.2, 0.25) is 0 Å². The van der Waals surface area contributed by atoms with E-state index in [1.54, 1.807) is 84.9 Å². The van der Waals surface area contributed by atoms with Gasteiger partial charge in [0.05, 0.1) is 10.9 Å². The van der Waals surface area contributed by atoms with Crippen LogP contribution in [0.15, 0.2) is 142 Å². The molecule has 9 nitrogen and oxygen atoms in total. The highest BCUT2D eigenvalue weighted by molar-refractivity contribution is 8.00. The van der Waals surface area contributed by atoms with E-state index >= 15 is 0 Å². The van der Waals surface area contributed by atoms with E-state index < -0.39 is 22.9 Å². The largest absolute Gasteiger partial charge is 0.436 e. The van der Waals surface area contributed by atoms with E-state index in [0.717, 1.165) is 5.52 Å². The minimum Gasteiger partial charge on any atom is -0.436 e. The molecule has 0 unspecified atom stereocenters. The predicted octanol–water partition coefficient (Wildman–Crippen LogP) is 7.47. The van der Waals surface area contributed by atoms with Crippen LogP contribution in [0.5, 0.6) is 0 Å². The lowest BCUT2D eigenvalue weighted by atomic mass is 10.1. The van der Waals surface area contributed by atoms with Gasteiger partial charge in [-0.25, -0.2) is 14.3 Å². The van der Waals surface area contributed by atoms with Gasteiger partial charge in [-0.2, -0.15) is 0 Å². The summed E-state index contributed by atoms with van der Waals surface area (Å²) >= 11 is 1.20. The third-order valence-corrected chi connectivity index (χ3v) is 9.05. The number of para-hydroxylation sites is 2. The first-order valence-corrected chi connectivity index (χ1v) is 16.4. The number of halogens is 1. The topological polar surface area (TPSA) is 122 Å². The number of hydrogen-bond acceptors (Lipinski definition) is 7. The van der Waals surface area contributed by atoms with Crippen molar-refractivity contribution in [2.75, 3.05) is 10.2 Å². The molecule has 1 aromatic heterocycles. The Morgan fingerprint density at radius 2 is 1.60 bits per heavy atom. The number of benzene rings is 5. The maximum absolute atomic E-state index is 14.5. The molecule has 1 aliphatic heterocycles. The second kappa shape index (κ2) is 14.0. The molecule has 0 bridgehead atoms. The summed E-state index contributed by atoms with van der Waals surface area (Å²) in [6.45, 7) is 0. The van der Waals surface area contributed by atoms with Crippen molar-refractivity contribution < 1.29 is 28.0 Å². The van der Waals surface area contributed by atoms with Gasteiger partial charge < -0.3 is 15.1 Å². The van der Waals surface area contributed by atoms with Crippen LogP contribution in [0.1, 0.15) is 22.3 Å². The van der Waals surface area contributed by atoms with Gasteiger partial charge in [0, 0.05) is 33.7 Å². The van der Waals surface area contributed by atoms with Gasteiger partial charge in [-0.15, -0.1) is 11.8 Å². The highest BCUT2D eigenvalue weighted by Gasteiger charge is 2.40. The number of oxazole rings is 1. The first-order chi connectivity index (χ1) is 24.3. The van der Waals surface area contributed by atoms with Crippen molar-refractivity contribution >= 4 is 63.9 Å². The van der Waals surface area contributed by atoms with Gasteiger partial charge >= 0.3 is 0 Å². The molecule has 0 spiro atoms. The van der Waals surface area contributed by atoms with Gasteiger partial charge in [0.1, 0.15) is 17.0 Å². The second-order valence-electron chi connectivity index (χ2n) is 11.3. The van der Waals surface area contributed by atoms with Gasteiger partial charge in [-0.3, -0.25) is 19.2 Å². The fraction of sp³-hybridized carbons (Fsp3) is 0.0513. The molecule has 2 N–H and O–H groups in total. The zero-order valence-electron chi connectivity index (χ0n) is 26.2. The lowest BCUT2D eigenvalue weighted by Crippen LogP contribution is -2.31. The monoisotopic (exact) mass is 682 g/mol. The van der Waals surface area contributed by atoms with Crippen molar-refractivity contribution in [1.82, 2.24) is 10.3 Å². The lowest BCUT2D eigenvalue weighted by Gasteiger charge is -2.15. The number of nitrogens with one attached hydrogen (secondary N) is 2. The average Bonchev–Trinajstić information content (AvgIpc) is 3.69. The van der Waals surface area contributed by atoms with Gasteiger partial charge in [0.2, 0.25) is 17.7 Å². The summed E-state index contributed by atoms with van der Waals surface area (Å²) in [5.74, 6) is -2.03. The lowest BCUT2D eigenvalue weighted by molar-refractivity contribution is -0.121. The van der Waals surface area contributed by atoms with Crippen LogP contribution in [0.4, 0.5) is 15.8 Å². The fourth-order valence-corrected chi connectivity index (χ4v) is 6.53. The number of hydrogen-bond donors (Lipinski definition) is 2. The SMILES string of the molecule is O=C(Nc1cccc(S[C@@H]2CC(=O)N(c3ccc(-c4nc5ccccc5o4)cc3)C2=O)c1)/C(=C\c1ccccc1F)NC(=O)c1ccccc1. The molecule has 11 heteroatoms. The number of carbonyl (C=O) groups is 4. The number of amides is 4. The first kappa shape index (κ1) is 32.2. The Morgan fingerprint density at radius 3 is 2.38 bits per heavy atom. The van der Waals surface area contributed by atoms with Crippen LogP contribution in [-0.2, 0) is 14.4 Å². The van der Waals surface area contributed by atoms with E-state index in [-0.39, 0.29) is 29.5 Å². The molecule has 246 valence electrons. The molecule has 0 saturated carbocycles. The van der Waals surface area contributed by atoms with Crippen molar-refractivity contribution in [2.24, 2.45) is 0 Å². The summed E-state index contributed by atoms with van der Waals surface area (Å²) in [5, 5.41) is 4.66. The Bertz CT molecular complexity index is 2250. The number of thioether (sulfide) groups is 1. The van der Waals surface area contributed by atoms with E-state index in [1.807, 2.05) is 24.3 Å². The van der Waals surface area contributed by atoms with E-state index in [4.69, 9.17) is 4.42 Å². The normalized spacial score (nSPS) is 14.6. The fourth-order valence-electron chi connectivity index (χ4n) is 5.42. The number of fused-ring (bicyclic) bond motifs is 1. The molecular weight excluding hydrogens is 656 g/mol. The van der Waals surface area contributed by atoms with Gasteiger partial charge in [0.15, 0.2) is 5.58 Å². The predicted molar refractivity (Wildman–Crippen MR) is 190 cm³/mol. The third kappa shape index (κ3) is 6.94. The van der Waals surface area contributed by atoms with E-state index in [9.17, 15) is 23.6 Å². The molecule has 0 radical (unpaired) electrons. The van der Waals surface area contributed by atoms with Crippen molar-refractivity contribution in [3.05, 3.63) is 150 Å². The van der Waals surface area contributed by atoms with E-state index in [0.29, 0.717) is 38.9 Å². The minimum atomic E-state index is -0.688. The molecule has 0 aliphatic carbocycles. The Kier molecular flexibility index (Phi) is 9.04. The summed E-state index contributed by atoms with van der Waals surface area (Å²) in [7, 11) is 0. The summed E-state index contributed by atoms with van der Waals surface area (Å²) in [5.41, 5.74) is 3.18. The Labute approximate surface area is 289 Å². The van der Waals surface area contributed by atoms with Crippen LogP contribution in [-0.4, -0.2) is 33.9 Å². The summed E-state index contributed by atoms with van der Waals surface area (Å²) < 4.78 is 20.3. The Morgan fingerprint density at radius 1 is 0.860 bits per heavy atom. The molecule has 1 saturated heterocycles. The smallest absolute Gasteiger partial charge is 0.272 e. The van der Waals surface area contributed by atoms with Crippen molar-refractivity contribution in [2.45, 2.75) is 16.6 Å². The molecule has 1 fully saturated rings. The first-order valence-electron chi connectivity index (χ1n) is 15.6. The van der Waals surface area contributed by atoms with Gasteiger partial charge in [0.25, 0.3) is 11.8 Å². The van der Waals surface area contributed by atoms with Gasteiger partial charge in [-0.1, -0.05) is 54.6 Å². The maximum atomic E-state index is 14.5.